The van der Waals surface area contributed by atoms with E-state index in [4.69, 9.17) is 4.74 Å². The second-order valence-corrected chi connectivity index (χ2v) is 6.14. The molecule has 6 heteroatoms. The molecule has 4 nitrogen and oxygen atoms in total. The molecule has 134 valence electrons. The zero-order valence-electron chi connectivity index (χ0n) is 14.1. The number of carbonyl (C=O) groups is 1. The smallest absolute Gasteiger partial charge is 0.226 e. The fraction of sp³-hybridized carbons (Fsp3) is 0.316. The molecule has 25 heavy (non-hydrogen) atoms. The summed E-state index contributed by atoms with van der Waals surface area (Å²) in [6.45, 7) is 3.01. The van der Waals surface area contributed by atoms with E-state index >= 15 is 0 Å². The predicted octanol–water partition coefficient (Wildman–Crippen LogP) is 3.00. The van der Waals surface area contributed by atoms with Crippen molar-refractivity contribution in [3.63, 3.8) is 0 Å². The highest BCUT2D eigenvalue weighted by Gasteiger charge is 2.28. The average molecular weight is 349 g/mol. The summed E-state index contributed by atoms with van der Waals surface area (Å²) >= 11 is 0. The van der Waals surface area contributed by atoms with Crippen LogP contribution < -0.4 is 10.1 Å². The molecule has 2 rings (SSSR count). The number of nitrogens with one attached hydrogen (secondary N) is 1. The molecule has 2 unspecified atom stereocenters. The first-order chi connectivity index (χ1) is 11.8. The van der Waals surface area contributed by atoms with Crippen molar-refractivity contribution in [1.29, 1.82) is 0 Å². The molecule has 0 radical (unpaired) electrons. The van der Waals surface area contributed by atoms with Crippen molar-refractivity contribution in [2.45, 2.75) is 19.4 Å². The molecule has 0 saturated carbocycles. The number of rotatable bonds is 7. The zero-order chi connectivity index (χ0) is 18.4. The van der Waals surface area contributed by atoms with Gasteiger partial charge in [0.15, 0.2) is 0 Å². The minimum Gasteiger partial charge on any atom is -0.493 e. The van der Waals surface area contributed by atoms with Gasteiger partial charge < -0.3 is 15.2 Å². The molecule has 0 aliphatic rings. The maximum atomic E-state index is 13.8. The number of benzene rings is 2. The second-order valence-electron chi connectivity index (χ2n) is 6.14. The largest absolute Gasteiger partial charge is 0.493 e. The van der Waals surface area contributed by atoms with Crippen LogP contribution in [0.1, 0.15) is 19.4 Å². The van der Waals surface area contributed by atoms with Gasteiger partial charge in [-0.2, -0.15) is 0 Å². The van der Waals surface area contributed by atoms with Crippen molar-refractivity contribution >= 4 is 5.91 Å². The van der Waals surface area contributed by atoms with Gasteiger partial charge in [-0.1, -0.05) is 31.2 Å². The predicted molar refractivity (Wildman–Crippen MR) is 90.0 cm³/mol. The van der Waals surface area contributed by atoms with Gasteiger partial charge in [-0.15, -0.1) is 0 Å². The third-order valence-electron chi connectivity index (χ3n) is 3.81. The Kier molecular flexibility index (Phi) is 6.09. The first-order valence-electron chi connectivity index (χ1n) is 7.93. The SMILES string of the molecule is CC(COc1ccccc1)C(=O)NCC(C)(O)c1ccc(F)cc1F. The summed E-state index contributed by atoms with van der Waals surface area (Å²) in [5, 5.41) is 13.0. The molecular weight excluding hydrogens is 328 g/mol. The summed E-state index contributed by atoms with van der Waals surface area (Å²) in [6, 6.07) is 12.0. The van der Waals surface area contributed by atoms with E-state index in [2.05, 4.69) is 5.32 Å². The Morgan fingerprint density at radius 2 is 1.92 bits per heavy atom. The lowest BCUT2D eigenvalue weighted by atomic mass is 9.95. The number of ether oxygens (including phenoxy) is 1. The normalized spacial score (nSPS) is 14.4. The molecule has 2 aromatic rings. The van der Waals surface area contributed by atoms with Gasteiger partial charge in [0, 0.05) is 11.6 Å². The molecule has 0 fully saturated rings. The van der Waals surface area contributed by atoms with Crippen LogP contribution in [0.2, 0.25) is 0 Å². The number of hydrogen-bond donors (Lipinski definition) is 2. The van der Waals surface area contributed by atoms with Gasteiger partial charge >= 0.3 is 0 Å². The monoisotopic (exact) mass is 349 g/mol. The van der Waals surface area contributed by atoms with Gasteiger partial charge in [0.25, 0.3) is 0 Å². The Balaban J connectivity index is 1.89. The lowest BCUT2D eigenvalue weighted by Gasteiger charge is -2.25. The average Bonchev–Trinajstić information content (AvgIpc) is 2.58. The summed E-state index contributed by atoms with van der Waals surface area (Å²) in [4.78, 5) is 12.1. The molecule has 0 saturated heterocycles. The van der Waals surface area contributed by atoms with E-state index < -0.39 is 23.2 Å². The van der Waals surface area contributed by atoms with E-state index in [0.717, 1.165) is 6.07 Å². The Hall–Kier alpha value is -2.47. The Bertz CT molecular complexity index is 720. The molecule has 0 aromatic heterocycles. The lowest BCUT2D eigenvalue weighted by molar-refractivity contribution is -0.126. The minimum absolute atomic E-state index is 0.0811. The number of para-hydroxylation sites is 1. The van der Waals surface area contributed by atoms with Gasteiger partial charge in [-0.25, -0.2) is 8.78 Å². The number of amides is 1. The van der Waals surface area contributed by atoms with Crippen molar-refractivity contribution in [2.24, 2.45) is 5.92 Å². The number of aliphatic hydroxyl groups is 1. The van der Waals surface area contributed by atoms with E-state index in [0.29, 0.717) is 11.8 Å². The lowest BCUT2D eigenvalue weighted by Crippen LogP contribution is -2.42. The van der Waals surface area contributed by atoms with Gasteiger partial charge in [0.05, 0.1) is 19.1 Å². The standard InChI is InChI=1S/C19H21F2NO3/c1-13(11-25-15-6-4-3-5-7-15)18(23)22-12-19(2,24)16-9-8-14(20)10-17(16)21/h3-10,13,24H,11-12H2,1-2H3,(H,22,23). The molecule has 1 amide bonds. The quantitative estimate of drug-likeness (QED) is 0.808. The van der Waals surface area contributed by atoms with Crippen molar-refractivity contribution in [2.75, 3.05) is 13.2 Å². The Morgan fingerprint density at radius 3 is 2.56 bits per heavy atom. The molecule has 0 bridgehead atoms. The summed E-state index contributed by atoms with van der Waals surface area (Å²) in [5.41, 5.74) is -1.74. The first-order valence-corrected chi connectivity index (χ1v) is 7.93. The van der Waals surface area contributed by atoms with Gasteiger partial charge in [-0.3, -0.25) is 4.79 Å². The van der Waals surface area contributed by atoms with Crippen LogP contribution in [0.5, 0.6) is 5.75 Å². The number of carbonyl (C=O) groups excluding carboxylic acids is 1. The third-order valence-corrected chi connectivity index (χ3v) is 3.81. The van der Waals surface area contributed by atoms with E-state index in [1.165, 1.54) is 13.0 Å². The Morgan fingerprint density at radius 1 is 1.24 bits per heavy atom. The fourth-order valence-corrected chi connectivity index (χ4v) is 2.27. The van der Waals surface area contributed by atoms with Crippen LogP contribution in [-0.2, 0) is 10.4 Å². The van der Waals surface area contributed by atoms with Crippen molar-refractivity contribution < 1.29 is 23.4 Å². The number of halogens is 2. The molecule has 0 heterocycles. The second kappa shape index (κ2) is 8.07. The van der Waals surface area contributed by atoms with Gasteiger partial charge in [-0.05, 0) is 25.1 Å². The molecule has 0 aliphatic heterocycles. The van der Waals surface area contributed by atoms with Gasteiger partial charge in [0.1, 0.15) is 23.0 Å². The topological polar surface area (TPSA) is 58.6 Å². The zero-order valence-corrected chi connectivity index (χ0v) is 14.1. The highest BCUT2D eigenvalue weighted by Crippen LogP contribution is 2.23. The fourth-order valence-electron chi connectivity index (χ4n) is 2.27. The van der Waals surface area contributed by atoms with Gasteiger partial charge in [0.2, 0.25) is 5.91 Å². The van der Waals surface area contributed by atoms with Crippen LogP contribution in [0.15, 0.2) is 48.5 Å². The van der Waals surface area contributed by atoms with Crippen LogP contribution in [0, 0.1) is 17.6 Å². The Labute approximate surface area is 145 Å². The van der Waals surface area contributed by atoms with E-state index in [1.807, 2.05) is 18.2 Å². The molecule has 2 N–H and O–H groups in total. The van der Waals surface area contributed by atoms with Crippen molar-refractivity contribution in [1.82, 2.24) is 5.32 Å². The van der Waals surface area contributed by atoms with Crippen LogP contribution in [0.3, 0.4) is 0 Å². The minimum atomic E-state index is -1.66. The maximum Gasteiger partial charge on any atom is 0.226 e. The molecule has 2 atom stereocenters. The van der Waals surface area contributed by atoms with Crippen LogP contribution in [0.4, 0.5) is 8.78 Å². The van der Waals surface area contributed by atoms with E-state index in [9.17, 15) is 18.7 Å². The summed E-state index contributed by atoms with van der Waals surface area (Å²) in [5.74, 6) is -1.73. The van der Waals surface area contributed by atoms with E-state index in [1.54, 1.807) is 19.1 Å². The number of hydrogen-bond acceptors (Lipinski definition) is 3. The molecule has 2 aromatic carbocycles. The van der Waals surface area contributed by atoms with E-state index in [-0.39, 0.29) is 24.6 Å². The van der Waals surface area contributed by atoms with Crippen LogP contribution in [0.25, 0.3) is 0 Å². The summed E-state index contributed by atoms with van der Waals surface area (Å²) in [7, 11) is 0. The van der Waals surface area contributed by atoms with Crippen molar-refractivity contribution in [3.8, 4) is 5.75 Å². The maximum absolute atomic E-state index is 13.8. The highest BCUT2D eigenvalue weighted by atomic mass is 19.1. The highest BCUT2D eigenvalue weighted by molar-refractivity contribution is 5.78. The molecular formula is C19H21F2NO3. The van der Waals surface area contributed by atoms with Crippen LogP contribution in [-0.4, -0.2) is 24.2 Å². The summed E-state index contributed by atoms with van der Waals surface area (Å²) in [6.07, 6.45) is 0. The summed E-state index contributed by atoms with van der Waals surface area (Å²) < 4.78 is 32.3. The first kappa shape index (κ1) is 18.9. The molecule has 0 aliphatic carbocycles. The third kappa shape index (κ3) is 5.26. The van der Waals surface area contributed by atoms with Crippen molar-refractivity contribution in [3.05, 3.63) is 65.7 Å². The van der Waals surface area contributed by atoms with Crippen LogP contribution >= 0.6 is 0 Å². The molecule has 0 spiro atoms.